The molecule has 2 N–H and O–H groups in total. The summed E-state index contributed by atoms with van der Waals surface area (Å²) in [7, 11) is 1.26. The van der Waals surface area contributed by atoms with Crippen LogP contribution in [0.15, 0.2) is 30.3 Å². The third-order valence-electron chi connectivity index (χ3n) is 3.55. The van der Waals surface area contributed by atoms with Crippen LogP contribution in [0, 0.1) is 5.41 Å². The van der Waals surface area contributed by atoms with Crippen LogP contribution in [0.4, 0.5) is 0 Å². The van der Waals surface area contributed by atoms with Crippen LogP contribution in [0.1, 0.15) is 33.3 Å². The number of carbonyl (C=O) groups excluding carboxylic acids is 3. The molecule has 0 aromatic heterocycles. The number of amides is 2. The minimum absolute atomic E-state index is 0.188. The van der Waals surface area contributed by atoms with Crippen molar-refractivity contribution in [2.45, 2.75) is 46.2 Å². The molecular formula is C18H26N2O4. The molecule has 0 aliphatic heterocycles. The summed E-state index contributed by atoms with van der Waals surface area (Å²) in [5.41, 5.74) is 0.359. The molecule has 6 nitrogen and oxygen atoms in total. The summed E-state index contributed by atoms with van der Waals surface area (Å²) in [5, 5.41) is 5.34. The fourth-order valence-electron chi connectivity index (χ4n) is 2.20. The van der Waals surface area contributed by atoms with Gasteiger partial charge in [-0.1, -0.05) is 51.1 Å². The predicted octanol–water partition coefficient (Wildman–Crippen LogP) is 1.44. The van der Waals surface area contributed by atoms with E-state index in [0.29, 0.717) is 0 Å². The molecule has 24 heavy (non-hydrogen) atoms. The Bertz CT molecular complexity index is 578. The lowest BCUT2D eigenvalue weighted by molar-refractivity contribution is -0.145. The molecule has 2 atom stereocenters. The van der Waals surface area contributed by atoms with E-state index in [9.17, 15) is 14.4 Å². The second-order valence-corrected chi connectivity index (χ2v) is 6.78. The van der Waals surface area contributed by atoms with Crippen molar-refractivity contribution in [2.75, 3.05) is 7.11 Å². The molecule has 0 bridgehead atoms. The zero-order valence-electron chi connectivity index (χ0n) is 14.9. The number of carbonyl (C=O) groups is 3. The van der Waals surface area contributed by atoms with Crippen molar-refractivity contribution >= 4 is 17.8 Å². The lowest BCUT2D eigenvalue weighted by atomic mass is 9.85. The highest BCUT2D eigenvalue weighted by Crippen LogP contribution is 2.20. The lowest BCUT2D eigenvalue weighted by Crippen LogP contribution is -2.56. The summed E-state index contributed by atoms with van der Waals surface area (Å²) < 4.78 is 4.60. The fourth-order valence-corrected chi connectivity index (χ4v) is 2.20. The maximum atomic E-state index is 12.5. The molecule has 0 fully saturated rings. The molecule has 1 rings (SSSR count). The van der Waals surface area contributed by atoms with Gasteiger partial charge in [-0.3, -0.25) is 9.59 Å². The van der Waals surface area contributed by atoms with E-state index in [4.69, 9.17) is 0 Å². The van der Waals surface area contributed by atoms with E-state index in [2.05, 4.69) is 15.4 Å². The van der Waals surface area contributed by atoms with Crippen molar-refractivity contribution in [1.29, 1.82) is 0 Å². The molecule has 2 amide bonds. The first-order valence-electron chi connectivity index (χ1n) is 7.86. The zero-order valence-corrected chi connectivity index (χ0v) is 14.9. The monoisotopic (exact) mass is 334 g/mol. The molecule has 0 saturated carbocycles. The van der Waals surface area contributed by atoms with Gasteiger partial charge >= 0.3 is 5.97 Å². The number of hydrogen-bond acceptors (Lipinski definition) is 4. The van der Waals surface area contributed by atoms with Gasteiger partial charge < -0.3 is 15.4 Å². The van der Waals surface area contributed by atoms with Crippen molar-refractivity contribution in [3.8, 4) is 0 Å². The molecule has 1 aromatic carbocycles. The van der Waals surface area contributed by atoms with Gasteiger partial charge in [0, 0.05) is 0 Å². The molecule has 2 unspecified atom stereocenters. The molecule has 132 valence electrons. The molecule has 0 heterocycles. The first-order chi connectivity index (χ1) is 11.1. The van der Waals surface area contributed by atoms with Gasteiger partial charge in [0.2, 0.25) is 11.8 Å². The first kappa shape index (κ1) is 19.7. The Kier molecular flexibility index (Phi) is 6.95. The van der Waals surface area contributed by atoms with E-state index >= 15 is 0 Å². The van der Waals surface area contributed by atoms with Crippen LogP contribution in [0.25, 0.3) is 0 Å². The van der Waals surface area contributed by atoms with E-state index < -0.39 is 29.4 Å². The summed E-state index contributed by atoms with van der Waals surface area (Å²) in [6.07, 6.45) is 0.188. The van der Waals surface area contributed by atoms with Gasteiger partial charge in [0.1, 0.15) is 12.1 Å². The maximum Gasteiger partial charge on any atom is 0.328 e. The molecule has 6 heteroatoms. The number of methoxy groups -OCH3 is 1. The first-order valence-corrected chi connectivity index (χ1v) is 7.86. The highest BCUT2D eigenvalue weighted by Gasteiger charge is 2.34. The van der Waals surface area contributed by atoms with E-state index in [1.165, 1.54) is 14.0 Å². The van der Waals surface area contributed by atoms with E-state index in [-0.39, 0.29) is 12.3 Å². The maximum absolute atomic E-state index is 12.5. The summed E-state index contributed by atoms with van der Waals surface area (Å²) in [6.45, 7) is 7.09. The fraction of sp³-hybridized carbons (Fsp3) is 0.500. The van der Waals surface area contributed by atoms with Crippen molar-refractivity contribution in [3.63, 3.8) is 0 Å². The molecule has 1 aromatic rings. The molecular weight excluding hydrogens is 308 g/mol. The normalized spacial score (nSPS) is 13.5. The van der Waals surface area contributed by atoms with Crippen LogP contribution in [0.2, 0.25) is 0 Å². The summed E-state index contributed by atoms with van der Waals surface area (Å²) in [6, 6.07) is 7.75. The van der Waals surface area contributed by atoms with Gasteiger partial charge in [-0.2, -0.15) is 0 Å². The van der Waals surface area contributed by atoms with Crippen molar-refractivity contribution in [1.82, 2.24) is 10.6 Å². The summed E-state index contributed by atoms with van der Waals surface area (Å²) in [5.74, 6) is -1.20. The molecule has 0 aliphatic carbocycles. The van der Waals surface area contributed by atoms with Crippen LogP contribution in [0.3, 0.4) is 0 Å². The lowest BCUT2D eigenvalue weighted by Gasteiger charge is -2.31. The Morgan fingerprint density at radius 3 is 2.17 bits per heavy atom. The van der Waals surface area contributed by atoms with E-state index in [1.807, 2.05) is 51.1 Å². The second kappa shape index (κ2) is 8.47. The SMILES string of the molecule is COC(=O)C(C)NC(=O)C(NC(=O)Cc1ccccc1)C(C)(C)C. The van der Waals surface area contributed by atoms with Gasteiger partial charge in [-0.15, -0.1) is 0 Å². The number of benzene rings is 1. The quantitative estimate of drug-likeness (QED) is 0.771. The third kappa shape index (κ3) is 6.02. The van der Waals surface area contributed by atoms with Crippen LogP contribution < -0.4 is 10.6 Å². The largest absolute Gasteiger partial charge is 0.467 e. The van der Waals surface area contributed by atoms with Crippen molar-refractivity contribution in [3.05, 3.63) is 35.9 Å². The van der Waals surface area contributed by atoms with Gasteiger partial charge in [0.15, 0.2) is 0 Å². The van der Waals surface area contributed by atoms with Crippen LogP contribution in [-0.2, 0) is 25.5 Å². The highest BCUT2D eigenvalue weighted by molar-refractivity contribution is 5.91. The number of ether oxygens (including phenoxy) is 1. The second-order valence-electron chi connectivity index (χ2n) is 6.78. The Morgan fingerprint density at radius 1 is 1.08 bits per heavy atom. The third-order valence-corrected chi connectivity index (χ3v) is 3.55. The van der Waals surface area contributed by atoms with Crippen LogP contribution in [-0.4, -0.2) is 37.0 Å². The minimum Gasteiger partial charge on any atom is -0.467 e. The molecule has 0 aliphatic rings. The summed E-state index contributed by atoms with van der Waals surface area (Å²) >= 11 is 0. The Labute approximate surface area is 143 Å². The van der Waals surface area contributed by atoms with Crippen LogP contribution in [0.5, 0.6) is 0 Å². The van der Waals surface area contributed by atoms with Crippen molar-refractivity contribution in [2.24, 2.45) is 5.41 Å². The minimum atomic E-state index is -0.779. The van der Waals surface area contributed by atoms with Crippen LogP contribution >= 0.6 is 0 Å². The molecule has 0 radical (unpaired) electrons. The van der Waals surface area contributed by atoms with Gasteiger partial charge in [-0.25, -0.2) is 4.79 Å². The Balaban J connectivity index is 2.77. The Morgan fingerprint density at radius 2 is 1.67 bits per heavy atom. The van der Waals surface area contributed by atoms with E-state index in [0.717, 1.165) is 5.56 Å². The molecule has 0 spiro atoms. The van der Waals surface area contributed by atoms with Crippen molar-refractivity contribution < 1.29 is 19.1 Å². The highest BCUT2D eigenvalue weighted by atomic mass is 16.5. The topological polar surface area (TPSA) is 84.5 Å². The average Bonchev–Trinajstić information content (AvgIpc) is 2.51. The number of rotatable bonds is 6. The van der Waals surface area contributed by atoms with E-state index in [1.54, 1.807) is 0 Å². The zero-order chi connectivity index (χ0) is 18.3. The smallest absolute Gasteiger partial charge is 0.328 e. The number of nitrogens with one attached hydrogen (secondary N) is 2. The van der Waals surface area contributed by atoms with Gasteiger partial charge in [-0.05, 0) is 17.9 Å². The van der Waals surface area contributed by atoms with Gasteiger partial charge in [0.25, 0.3) is 0 Å². The number of hydrogen-bond donors (Lipinski definition) is 2. The van der Waals surface area contributed by atoms with Gasteiger partial charge in [0.05, 0.1) is 13.5 Å². The number of esters is 1. The average molecular weight is 334 g/mol. The summed E-state index contributed by atoms with van der Waals surface area (Å²) in [4.78, 5) is 36.2. The predicted molar refractivity (Wildman–Crippen MR) is 91.2 cm³/mol. The standard InChI is InChI=1S/C18H26N2O4/c1-12(17(23)24-5)19-16(22)15(18(2,3)4)20-14(21)11-13-9-7-6-8-10-13/h6-10,12,15H,11H2,1-5H3,(H,19,22)(H,20,21). The Hall–Kier alpha value is -2.37. The molecule has 0 saturated heterocycles.